The van der Waals surface area contributed by atoms with Crippen LogP contribution < -0.4 is 5.56 Å². The Morgan fingerprint density at radius 2 is 2.28 bits per heavy atom. The van der Waals surface area contributed by atoms with Gasteiger partial charge in [0.25, 0.3) is 5.56 Å². The lowest BCUT2D eigenvalue weighted by Crippen LogP contribution is -2.07. The molecule has 3 rings (SSSR count). The van der Waals surface area contributed by atoms with Gasteiger partial charge < -0.3 is 9.55 Å². The van der Waals surface area contributed by atoms with Crippen LogP contribution in [0.25, 0.3) is 22.2 Å². The molecule has 0 bridgehead atoms. The van der Waals surface area contributed by atoms with Crippen LogP contribution in [0.5, 0.6) is 0 Å². The van der Waals surface area contributed by atoms with Gasteiger partial charge in [-0.05, 0) is 6.92 Å². The highest BCUT2D eigenvalue weighted by Crippen LogP contribution is 2.25. The number of rotatable bonds is 2. The Kier molecular flexibility index (Phi) is 2.29. The normalized spacial score (nSPS) is 11.2. The van der Waals surface area contributed by atoms with Crippen LogP contribution >= 0.6 is 0 Å². The first-order valence-electron chi connectivity index (χ1n) is 5.76. The summed E-state index contributed by atoms with van der Waals surface area (Å²) in [5, 5.41) is 4.16. The van der Waals surface area contributed by atoms with Gasteiger partial charge in [0.05, 0.1) is 18.0 Å². The Morgan fingerprint density at radius 3 is 2.94 bits per heavy atom. The van der Waals surface area contributed by atoms with Crippen LogP contribution in [0.4, 0.5) is 0 Å². The molecule has 92 valence electrons. The van der Waals surface area contributed by atoms with E-state index < -0.39 is 0 Å². The first-order chi connectivity index (χ1) is 8.70. The topological polar surface area (TPSA) is 68.5 Å². The summed E-state index contributed by atoms with van der Waals surface area (Å²) in [7, 11) is 1.86. The van der Waals surface area contributed by atoms with Crippen LogP contribution in [-0.4, -0.2) is 24.3 Å². The van der Waals surface area contributed by atoms with Gasteiger partial charge in [-0.3, -0.25) is 9.48 Å². The van der Waals surface area contributed by atoms with Crippen LogP contribution in [0.1, 0.15) is 6.92 Å². The molecule has 3 aromatic rings. The molecule has 0 aromatic carbocycles. The van der Waals surface area contributed by atoms with Crippen molar-refractivity contribution in [1.82, 2.24) is 24.3 Å². The molecule has 0 atom stereocenters. The number of imidazole rings is 1. The first-order valence-corrected chi connectivity index (χ1v) is 5.76. The number of aromatic amines is 1. The van der Waals surface area contributed by atoms with Gasteiger partial charge in [0, 0.05) is 37.1 Å². The molecular weight excluding hydrogens is 230 g/mol. The fourth-order valence-electron chi connectivity index (χ4n) is 2.13. The number of nitrogens with one attached hydrogen (secondary N) is 1. The zero-order chi connectivity index (χ0) is 12.7. The summed E-state index contributed by atoms with van der Waals surface area (Å²) >= 11 is 0. The number of nitrogens with zero attached hydrogens (tertiary/aromatic N) is 4. The van der Waals surface area contributed by atoms with Crippen molar-refractivity contribution < 1.29 is 0 Å². The van der Waals surface area contributed by atoms with Crippen molar-refractivity contribution in [2.24, 2.45) is 7.05 Å². The molecule has 0 aliphatic carbocycles. The Balaban J connectivity index is 2.39. The predicted molar refractivity (Wildman–Crippen MR) is 68.2 cm³/mol. The van der Waals surface area contributed by atoms with Gasteiger partial charge in [-0.25, -0.2) is 4.98 Å². The van der Waals surface area contributed by atoms with Gasteiger partial charge >= 0.3 is 0 Å². The number of hydrogen-bond donors (Lipinski definition) is 1. The molecule has 0 radical (unpaired) electrons. The Labute approximate surface area is 103 Å². The van der Waals surface area contributed by atoms with Crippen molar-refractivity contribution in [3.05, 3.63) is 35.3 Å². The monoisotopic (exact) mass is 243 g/mol. The maximum atomic E-state index is 11.7. The summed E-state index contributed by atoms with van der Waals surface area (Å²) in [5.74, 6) is 0. The van der Waals surface area contributed by atoms with E-state index in [1.165, 1.54) is 0 Å². The molecule has 0 saturated carbocycles. The third-order valence-corrected chi connectivity index (χ3v) is 3.01. The second kappa shape index (κ2) is 3.83. The lowest BCUT2D eigenvalue weighted by atomic mass is 10.1. The summed E-state index contributed by atoms with van der Waals surface area (Å²) in [6, 6.07) is 0. The summed E-state index contributed by atoms with van der Waals surface area (Å²) in [6.07, 6.45) is 7.11. The molecule has 0 saturated heterocycles. The van der Waals surface area contributed by atoms with E-state index in [0.29, 0.717) is 5.52 Å². The van der Waals surface area contributed by atoms with Gasteiger partial charge in [-0.15, -0.1) is 0 Å². The zero-order valence-corrected chi connectivity index (χ0v) is 10.2. The van der Waals surface area contributed by atoms with Crippen molar-refractivity contribution in [1.29, 1.82) is 0 Å². The molecule has 3 heterocycles. The summed E-state index contributed by atoms with van der Waals surface area (Å²) in [5.41, 5.74) is 3.07. The SMILES string of the molecule is CCn1cnc2c(=O)[nH]cc(-c3cnn(C)c3)c21. The minimum Gasteiger partial charge on any atom is -0.330 e. The molecule has 6 heteroatoms. The number of pyridine rings is 1. The molecule has 0 amide bonds. The lowest BCUT2D eigenvalue weighted by Gasteiger charge is -2.04. The van der Waals surface area contributed by atoms with Crippen LogP contribution in [0.15, 0.2) is 29.7 Å². The van der Waals surface area contributed by atoms with E-state index in [1.54, 1.807) is 23.4 Å². The van der Waals surface area contributed by atoms with Crippen LogP contribution in [0.2, 0.25) is 0 Å². The van der Waals surface area contributed by atoms with E-state index in [1.807, 2.05) is 24.7 Å². The number of fused-ring (bicyclic) bond motifs is 1. The van der Waals surface area contributed by atoms with Crippen molar-refractivity contribution in [3.63, 3.8) is 0 Å². The van der Waals surface area contributed by atoms with Gasteiger partial charge in [-0.1, -0.05) is 0 Å². The van der Waals surface area contributed by atoms with Crippen LogP contribution in [0.3, 0.4) is 0 Å². The highest BCUT2D eigenvalue weighted by Gasteiger charge is 2.13. The van der Waals surface area contributed by atoms with E-state index in [4.69, 9.17) is 0 Å². The molecule has 0 unspecified atom stereocenters. The Morgan fingerprint density at radius 1 is 1.44 bits per heavy atom. The molecule has 0 aliphatic heterocycles. The average molecular weight is 243 g/mol. The van der Waals surface area contributed by atoms with Crippen molar-refractivity contribution in [3.8, 4) is 11.1 Å². The molecule has 0 spiro atoms. The Hall–Kier alpha value is -2.37. The summed E-state index contributed by atoms with van der Waals surface area (Å²) in [6.45, 7) is 2.79. The van der Waals surface area contributed by atoms with Gasteiger partial charge in [0.15, 0.2) is 5.52 Å². The van der Waals surface area contributed by atoms with Crippen LogP contribution in [0, 0.1) is 0 Å². The number of aromatic nitrogens is 5. The van der Waals surface area contributed by atoms with Gasteiger partial charge in [-0.2, -0.15) is 5.10 Å². The smallest absolute Gasteiger partial charge is 0.276 e. The first kappa shape index (κ1) is 10.8. The van der Waals surface area contributed by atoms with Crippen molar-refractivity contribution in [2.45, 2.75) is 13.5 Å². The summed E-state index contributed by atoms with van der Waals surface area (Å²) in [4.78, 5) is 18.6. The van der Waals surface area contributed by atoms with Gasteiger partial charge in [0.1, 0.15) is 0 Å². The molecule has 18 heavy (non-hydrogen) atoms. The molecule has 3 aromatic heterocycles. The minimum atomic E-state index is -0.162. The fourth-order valence-corrected chi connectivity index (χ4v) is 2.13. The second-order valence-electron chi connectivity index (χ2n) is 4.16. The standard InChI is InChI=1S/C12H13N5O/c1-3-17-7-14-10-11(17)9(5-13-12(10)18)8-4-15-16(2)6-8/h4-7H,3H2,1-2H3,(H,13,18). The molecule has 6 nitrogen and oxygen atoms in total. The number of H-pyrrole nitrogens is 1. The Bertz CT molecular complexity index is 764. The van der Waals surface area contributed by atoms with Crippen molar-refractivity contribution in [2.75, 3.05) is 0 Å². The highest BCUT2D eigenvalue weighted by atomic mass is 16.1. The van der Waals surface area contributed by atoms with Gasteiger partial charge in [0.2, 0.25) is 0 Å². The molecule has 1 N–H and O–H groups in total. The van der Waals surface area contributed by atoms with Crippen molar-refractivity contribution >= 4 is 11.0 Å². The third-order valence-electron chi connectivity index (χ3n) is 3.01. The quantitative estimate of drug-likeness (QED) is 0.734. The van der Waals surface area contributed by atoms with E-state index >= 15 is 0 Å². The zero-order valence-electron chi connectivity index (χ0n) is 10.2. The van der Waals surface area contributed by atoms with E-state index in [0.717, 1.165) is 23.2 Å². The second-order valence-corrected chi connectivity index (χ2v) is 4.16. The number of aryl methyl sites for hydroxylation is 2. The van der Waals surface area contributed by atoms with E-state index in [2.05, 4.69) is 15.1 Å². The summed E-state index contributed by atoms with van der Waals surface area (Å²) < 4.78 is 3.70. The molecule has 0 fully saturated rings. The predicted octanol–water partition coefficient (Wildman–Crippen LogP) is 1.14. The average Bonchev–Trinajstić information content (AvgIpc) is 2.96. The fraction of sp³-hybridized carbons (Fsp3) is 0.250. The molecular formula is C12H13N5O. The van der Waals surface area contributed by atoms with Crippen LogP contribution in [-0.2, 0) is 13.6 Å². The van der Waals surface area contributed by atoms with E-state index in [-0.39, 0.29) is 5.56 Å². The molecule has 0 aliphatic rings. The largest absolute Gasteiger partial charge is 0.330 e. The third kappa shape index (κ3) is 1.46. The maximum Gasteiger partial charge on any atom is 0.276 e. The lowest BCUT2D eigenvalue weighted by molar-refractivity contribution is 0.768. The minimum absolute atomic E-state index is 0.162. The highest BCUT2D eigenvalue weighted by molar-refractivity contribution is 5.90. The van der Waals surface area contributed by atoms with E-state index in [9.17, 15) is 4.79 Å². The number of hydrogen-bond acceptors (Lipinski definition) is 3. The maximum absolute atomic E-state index is 11.7.